The fourth-order valence-corrected chi connectivity index (χ4v) is 2.37. The highest BCUT2D eigenvalue weighted by Gasteiger charge is 2.06. The number of rotatable bonds is 8. The first-order chi connectivity index (χ1) is 8.61. The molecule has 0 aliphatic heterocycles. The van der Waals surface area contributed by atoms with Crippen molar-refractivity contribution in [3.05, 3.63) is 29.8 Å². The molecule has 0 saturated heterocycles. The Labute approximate surface area is 113 Å². The molecular weight excluding hydrogens is 246 g/mol. The van der Waals surface area contributed by atoms with Gasteiger partial charge in [0, 0.05) is 17.9 Å². The Morgan fingerprint density at radius 1 is 1.39 bits per heavy atom. The number of nitrogens with one attached hydrogen (secondary N) is 1. The Bertz CT molecular complexity index is 365. The summed E-state index contributed by atoms with van der Waals surface area (Å²) < 4.78 is 0. The third-order valence-electron chi connectivity index (χ3n) is 2.58. The van der Waals surface area contributed by atoms with Gasteiger partial charge in [-0.1, -0.05) is 26.0 Å². The summed E-state index contributed by atoms with van der Waals surface area (Å²) in [5, 5.41) is 11.9. The van der Waals surface area contributed by atoms with Gasteiger partial charge in [0.05, 0.1) is 0 Å². The normalized spacial score (nSPS) is 12.3. The van der Waals surface area contributed by atoms with Crippen LogP contribution >= 0.6 is 11.8 Å². The molecule has 1 aromatic rings. The van der Waals surface area contributed by atoms with Crippen LogP contribution < -0.4 is 5.32 Å². The summed E-state index contributed by atoms with van der Waals surface area (Å²) in [7, 11) is 0. The smallest absolute Gasteiger partial charge is 0.303 e. The first kappa shape index (κ1) is 15.1. The second-order valence-corrected chi connectivity index (χ2v) is 5.75. The van der Waals surface area contributed by atoms with E-state index in [2.05, 4.69) is 36.5 Å². The van der Waals surface area contributed by atoms with E-state index in [9.17, 15) is 4.79 Å². The van der Waals surface area contributed by atoms with Crippen molar-refractivity contribution in [2.24, 2.45) is 5.92 Å². The molecule has 0 heterocycles. The molecule has 0 spiro atoms. The van der Waals surface area contributed by atoms with Crippen molar-refractivity contribution in [1.29, 1.82) is 0 Å². The second kappa shape index (κ2) is 8.16. The van der Waals surface area contributed by atoms with Crippen LogP contribution in [0.15, 0.2) is 29.2 Å². The van der Waals surface area contributed by atoms with Gasteiger partial charge < -0.3 is 10.4 Å². The van der Waals surface area contributed by atoms with Gasteiger partial charge in [-0.25, -0.2) is 0 Å². The molecule has 18 heavy (non-hydrogen) atoms. The molecule has 100 valence electrons. The van der Waals surface area contributed by atoms with Crippen LogP contribution in [0.5, 0.6) is 0 Å². The van der Waals surface area contributed by atoms with Crippen LogP contribution in [0.3, 0.4) is 0 Å². The number of carboxylic acids is 1. The lowest BCUT2D eigenvalue weighted by atomic mass is 10.1. The lowest BCUT2D eigenvalue weighted by Crippen LogP contribution is -2.22. The zero-order valence-electron chi connectivity index (χ0n) is 11.0. The van der Waals surface area contributed by atoms with Crippen LogP contribution in [0.2, 0.25) is 0 Å². The molecule has 1 aromatic carbocycles. The maximum absolute atomic E-state index is 10.5. The van der Waals surface area contributed by atoms with Crippen molar-refractivity contribution in [3.8, 4) is 0 Å². The Kier molecular flexibility index (Phi) is 6.83. The van der Waals surface area contributed by atoms with Gasteiger partial charge in [0.25, 0.3) is 0 Å². The van der Waals surface area contributed by atoms with Gasteiger partial charge >= 0.3 is 5.97 Å². The summed E-state index contributed by atoms with van der Waals surface area (Å²) in [6.45, 7) is 5.62. The molecule has 0 aromatic heterocycles. The Hall–Kier alpha value is -1.00. The SMILES string of the molecule is CCSc1ccc(CNCC(C)CC(=O)O)cc1. The van der Waals surface area contributed by atoms with Crippen molar-refractivity contribution >= 4 is 17.7 Å². The molecule has 1 atom stereocenters. The van der Waals surface area contributed by atoms with E-state index in [0.717, 1.165) is 18.8 Å². The van der Waals surface area contributed by atoms with Gasteiger partial charge in [0.15, 0.2) is 0 Å². The summed E-state index contributed by atoms with van der Waals surface area (Å²) in [5.41, 5.74) is 1.23. The highest BCUT2D eigenvalue weighted by molar-refractivity contribution is 7.99. The van der Waals surface area contributed by atoms with Crippen molar-refractivity contribution in [2.45, 2.75) is 31.7 Å². The largest absolute Gasteiger partial charge is 0.481 e. The Morgan fingerprint density at radius 3 is 2.61 bits per heavy atom. The predicted molar refractivity (Wildman–Crippen MR) is 76.0 cm³/mol. The second-order valence-electron chi connectivity index (χ2n) is 4.41. The van der Waals surface area contributed by atoms with Crippen LogP contribution in [-0.4, -0.2) is 23.4 Å². The minimum atomic E-state index is -0.731. The Balaban J connectivity index is 2.28. The van der Waals surface area contributed by atoms with Crippen LogP contribution in [0.25, 0.3) is 0 Å². The molecule has 0 aliphatic rings. The van der Waals surface area contributed by atoms with Gasteiger partial charge in [-0.05, 0) is 35.9 Å². The molecule has 1 unspecified atom stereocenters. The van der Waals surface area contributed by atoms with Gasteiger partial charge in [-0.2, -0.15) is 0 Å². The molecule has 0 aliphatic carbocycles. The molecular formula is C14H21NO2S. The van der Waals surface area contributed by atoms with E-state index < -0.39 is 5.97 Å². The Morgan fingerprint density at radius 2 is 2.06 bits per heavy atom. The summed E-state index contributed by atoms with van der Waals surface area (Å²) in [5.74, 6) is 0.521. The molecule has 2 N–H and O–H groups in total. The number of aliphatic carboxylic acids is 1. The molecule has 0 bridgehead atoms. The molecule has 0 radical (unpaired) electrons. The number of carbonyl (C=O) groups is 1. The van der Waals surface area contributed by atoms with E-state index in [1.807, 2.05) is 18.7 Å². The fourth-order valence-electron chi connectivity index (χ4n) is 1.70. The van der Waals surface area contributed by atoms with Crippen molar-refractivity contribution in [2.75, 3.05) is 12.3 Å². The summed E-state index contributed by atoms with van der Waals surface area (Å²) >= 11 is 1.83. The molecule has 0 fully saturated rings. The van der Waals surface area contributed by atoms with Crippen molar-refractivity contribution in [1.82, 2.24) is 5.32 Å². The van der Waals surface area contributed by atoms with Crippen molar-refractivity contribution in [3.63, 3.8) is 0 Å². The summed E-state index contributed by atoms with van der Waals surface area (Å²) in [6, 6.07) is 8.50. The topological polar surface area (TPSA) is 49.3 Å². The van der Waals surface area contributed by atoms with Gasteiger partial charge in [0.1, 0.15) is 0 Å². The predicted octanol–water partition coefficient (Wildman–Crippen LogP) is 3.00. The summed E-state index contributed by atoms with van der Waals surface area (Å²) in [4.78, 5) is 11.8. The first-order valence-electron chi connectivity index (χ1n) is 6.26. The van der Waals surface area contributed by atoms with Gasteiger partial charge in [-0.3, -0.25) is 4.79 Å². The number of hydrogen-bond donors (Lipinski definition) is 2. The van der Waals surface area contributed by atoms with E-state index in [4.69, 9.17) is 5.11 Å². The van der Waals surface area contributed by atoms with Crippen LogP contribution in [0, 0.1) is 5.92 Å². The van der Waals surface area contributed by atoms with Gasteiger partial charge in [-0.15, -0.1) is 11.8 Å². The van der Waals surface area contributed by atoms with E-state index in [1.165, 1.54) is 10.5 Å². The average molecular weight is 267 g/mol. The third-order valence-corrected chi connectivity index (χ3v) is 3.47. The maximum atomic E-state index is 10.5. The average Bonchev–Trinajstić information content (AvgIpc) is 2.31. The van der Waals surface area contributed by atoms with E-state index in [-0.39, 0.29) is 12.3 Å². The van der Waals surface area contributed by atoms with Gasteiger partial charge in [0.2, 0.25) is 0 Å². The van der Waals surface area contributed by atoms with E-state index in [1.54, 1.807) is 0 Å². The number of hydrogen-bond acceptors (Lipinski definition) is 3. The monoisotopic (exact) mass is 267 g/mol. The highest BCUT2D eigenvalue weighted by Crippen LogP contribution is 2.17. The third kappa shape index (κ3) is 6.07. The number of carboxylic acid groups (broad SMARTS) is 1. The molecule has 0 saturated carbocycles. The van der Waals surface area contributed by atoms with Crippen molar-refractivity contribution < 1.29 is 9.90 Å². The van der Waals surface area contributed by atoms with E-state index >= 15 is 0 Å². The first-order valence-corrected chi connectivity index (χ1v) is 7.24. The molecule has 4 heteroatoms. The minimum Gasteiger partial charge on any atom is -0.481 e. The molecule has 0 amide bonds. The van der Waals surface area contributed by atoms with Crippen LogP contribution in [0.4, 0.5) is 0 Å². The summed E-state index contributed by atoms with van der Waals surface area (Å²) in [6.07, 6.45) is 0.221. The number of thioether (sulfide) groups is 1. The zero-order valence-corrected chi connectivity index (χ0v) is 11.8. The molecule has 1 rings (SSSR count). The standard InChI is InChI=1S/C14H21NO2S/c1-3-18-13-6-4-12(5-7-13)10-15-9-11(2)8-14(16)17/h4-7,11,15H,3,8-10H2,1-2H3,(H,16,17). The lowest BCUT2D eigenvalue weighted by Gasteiger charge is -2.10. The van der Waals surface area contributed by atoms with E-state index in [0.29, 0.717) is 0 Å². The minimum absolute atomic E-state index is 0.164. The highest BCUT2D eigenvalue weighted by atomic mass is 32.2. The van der Waals surface area contributed by atoms with Crippen LogP contribution in [0.1, 0.15) is 25.8 Å². The quantitative estimate of drug-likeness (QED) is 0.711. The maximum Gasteiger partial charge on any atom is 0.303 e. The lowest BCUT2D eigenvalue weighted by molar-refractivity contribution is -0.137. The molecule has 3 nitrogen and oxygen atoms in total. The van der Waals surface area contributed by atoms with Crippen LogP contribution in [-0.2, 0) is 11.3 Å². The fraction of sp³-hybridized carbons (Fsp3) is 0.500. The number of benzene rings is 1. The zero-order chi connectivity index (χ0) is 13.4.